The quantitative estimate of drug-likeness (QED) is 0.240. The van der Waals surface area contributed by atoms with Gasteiger partial charge in [0.15, 0.2) is 17.2 Å². The number of aromatic nitrogens is 7. The van der Waals surface area contributed by atoms with E-state index in [2.05, 4.69) is 50.5 Å². The molecule has 0 aliphatic rings. The molecule has 5 aromatic rings. The monoisotopic (exact) mass is 474 g/mol. The van der Waals surface area contributed by atoms with E-state index in [4.69, 9.17) is 9.97 Å². The normalized spacial score (nSPS) is 12.3. The molecule has 0 amide bonds. The van der Waals surface area contributed by atoms with E-state index in [1.165, 1.54) is 0 Å². The number of fused-ring (bicyclic) bond motifs is 2. The van der Waals surface area contributed by atoms with Gasteiger partial charge in [-0.05, 0) is 67.0 Å². The zero-order chi connectivity index (χ0) is 25.1. The molecule has 0 aliphatic carbocycles. The summed E-state index contributed by atoms with van der Waals surface area (Å²) in [7, 11) is 0. The van der Waals surface area contributed by atoms with E-state index < -0.39 is 0 Å². The average Bonchev–Trinajstić information content (AvgIpc) is 3.54. The molecule has 178 valence electrons. The predicted molar refractivity (Wildman–Crippen MR) is 145 cm³/mol. The van der Waals surface area contributed by atoms with Crippen molar-refractivity contribution in [1.82, 2.24) is 40.4 Å². The average molecular weight is 475 g/mol. The third-order valence-corrected chi connectivity index (χ3v) is 5.90. The second-order valence-corrected chi connectivity index (χ2v) is 8.17. The van der Waals surface area contributed by atoms with Crippen LogP contribution in [0.3, 0.4) is 0 Å². The fourth-order valence-corrected chi connectivity index (χ4v) is 3.93. The van der Waals surface area contributed by atoms with Crippen LogP contribution in [0.5, 0.6) is 0 Å². The second-order valence-electron chi connectivity index (χ2n) is 8.17. The van der Waals surface area contributed by atoms with Crippen LogP contribution in [0, 0.1) is 0 Å². The highest BCUT2D eigenvalue weighted by atomic mass is 15.2. The first kappa shape index (κ1) is 22.9. The lowest BCUT2D eigenvalue weighted by Gasteiger charge is -2.10. The number of pyridine rings is 3. The first-order valence-corrected chi connectivity index (χ1v) is 11.7. The van der Waals surface area contributed by atoms with Crippen molar-refractivity contribution in [2.45, 2.75) is 20.3 Å². The molecule has 0 spiro atoms. The highest BCUT2D eigenvalue weighted by Crippen LogP contribution is 2.30. The van der Waals surface area contributed by atoms with E-state index in [0.717, 1.165) is 56.8 Å². The van der Waals surface area contributed by atoms with Crippen molar-refractivity contribution in [3.63, 3.8) is 0 Å². The van der Waals surface area contributed by atoms with Crippen molar-refractivity contribution in [1.29, 1.82) is 0 Å². The molecule has 3 N–H and O–H groups in total. The molecule has 5 heterocycles. The molecular formula is C28H26N8. The van der Waals surface area contributed by atoms with Gasteiger partial charge in [-0.15, -0.1) is 0 Å². The first-order valence-electron chi connectivity index (χ1n) is 11.7. The Morgan fingerprint density at radius 1 is 1.08 bits per heavy atom. The van der Waals surface area contributed by atoms with Crippen LogP contribution < -0.4 is 5.32 Å². The molecule has 5 rings (SSSR count). The minimum absolute atomic E-state index is 0.597. The van der Waals surface area contributed by atoms with Crippen molar-refractivity contribution < 1.29 is 0 Å². The molecular weight excluding hydrogens is 448 g/mol. The van der Waals surface area contributed by atoms with Gasteiger partial charge in [0.2, 0.25) is 0 Å². The van der Waals surface area contributed by atoms with E-state index in [-0.39, 0.29) is 0 Å². The van der Waals surface area contributed by atoms with Crippen LogP contribution in [0.15, 0.2) is 91.7 Å². The number of imidazole rings is 1. The SMILES string of the molecule is C=C/C(=C\C(=C/C)c1ccc2[nH]nc(-c3nc4nccc(-c5ccncc5)c4[nH]3)c2n1)NC(=C)CC. The highest BCUT2D eigenvalue weighted by molar-refractivity contribution is 5.94. The molecule has 0 atom stereocenters. The Morgan fingerprint density at radius 3 is 2.67 bits per heavy atom. The summed E-state index contributed by atoms with van der Waals surface area (Å²) in [5.41, 5.74) is 9.17. The third kappa shape index (κ3) is 4.32. The number of allylic oxidation sites excluding steroid dienone is 5. The molecule has 36 heavy (non-hydrogen) atoms. The molecule has 5 aromatic heterocycles. The Morgan fingerprint density at radius 2 is 1.92 bits per heavy atom. The number of hydrogen-bond acceptors (Lipinski definition) is 6. The maximum Gasteiger partial charge on any atom is 0.178 e. The lowest BCUT2D eigenvalue weighted by molar-refractivity contribution is 0.920. The Balaban J connectivity index is 1.57. The summed E-state index contributed by atoms with van der Waals surface area (Å²) in [6, 6.07) is 9.82. The fourth-order valence-electron chi connectivity index (χ4n) is 3.93. The molecule has 0 aromatic carbocycles. The summed E-state index contributed by atoms with van der Waals surface area (Å²) in [5, 5.41) is 10.9. The van der Waals surface area contributed by atoms with Crippen LogP contribution in [0.4, 0.5) is 0 Å². The van der Waals surface area contributed by atoms with Crippen LogP contribution in [-0.2, 0) is 0 Å². The molecule has 0 fully saturated rings. The van der Waals surface area contributed by atoms with Gasteiger partial charge in [0.1, 0.15) is 5.52 Å². The fraction of sp³-hybridized carbons (Fsp3) is 0.107. The Bertz CT molecular complexity index is 1640. The number of rotatable bonds is 8. The Kier molecular flexibility index (Phi) is 6.23. The number of nitrogens with zero attached hydrogens (tertiary/aromatic N) is 5. The molecule has 0 unspecified atom stereocenters. The minimum atomic E-state index is 0.597. The highest BCUT2D eigenvalue weighted by Gasteiger charge is 2.17. The van der Waals surface area contributed by atoms with Crippen LogP contribution in [0.2, 0.25) is 0 Å². The smallest absolute Gasteiger partial charge is 0.178 e. The van der Waals surface area contributed by atoms with Crippen LogP contribution in [-0.4, -0.2) is 35.1 Å². The summed E-state index contributed by atoms with van der Waals surface area (Å²) in [4.78, 5) is 21.6. The molecule has 8 nitrogen and oxygen atoms in total. The van der Waals surface area contributed by atoms with Gasteiger partial charge in [-0.25, -0.2) is 15.0 Å². The maximum absolute atomic E-state index is 4.94. The summed E-state index contributed by atoms with van der Waals surface area (Å²) in [5.74, 6) is 0.597. The summed E-state index contributed by atoms with van der Waals surface area (Å²) >= 11 is 0. The summed E-state index contributed by atoms with van der Waals surface area (Å²) in [6.45, 7) is 12.0. The largest absolute Gasteiger partial charge is 0.359 e. The van der Waals surface area contributed by atoms with Crippen molar-refractivity contribution in [3.8, 4) is 22.6 Å². The van der Waals surface area contributed by atoms with E-state index >= 15 is 0 Å². The van der Waals surface area contributed by atoms with Crippen LogP contribution >= 0.6 is 0 Å². The Hall–Kier alpha value is -4.85. The van der Waals surface area contributed by atoms with E-state index in [9.17, 15) is 0 Å². The zero-order valence-electron chi connectivity index (χ0n) is 20.2. The lowest BCUT2D eigenvalue weighted by Crippen LogP contribution is -2.09. The van der Waals surface area contributed by atoms with Gasteiger partial charge in [0.05, 0.1) is 16.7 Å². The van der Waals surface area contributed by atoms with Gasteiger partial charge < -0.3 is 10.3 Å². The van der Waals surface area contributed by atoms with Gasteiger partial charge in [-0.3, -0.25) is 10.1 Å². The van der Waals surface area contributed by atoms with Crippen molar-refractivity contribution in [3.05, 3.63) is 97.4 Å². The van der Waals surface area contributed by atoms with E-state index in [0.29, 0.717) is 17.2 Å². The molecule has 0 bridgehead atoms. The molecule has 8 heteroatoms. The number of hydrogen-bond donors (Lipinski definition) is 3. The summed E-state index contributed by atoms with van der Waals surface area (Å²) < 4.78 is 0. The van der Waals surface area contributed by atoms with E-state index in [1.807, 2.05) is 49.4 Å². The van der Waals surface area contributed by atoms with Crippen LogP contribution in [0.25, 0.3) is 50.4 Å². The van der Waals surface area contributed by atoms with Gasteiger partial charge in [0.25, 0.3) is 0 Å². The molecule has 0 radical (unpaired) electrons. The van der Waals surface area contributed by atoms with Crippen molar-refractivity contribution in [2.75, 3.05) is 0 Å². The lowest BCUT2D eigenvalue weighted by atomic mass is 10.1. The molecule has 0 saturated carbocycles. The third-order valence-electron chi connectivity index (χ3n) is 5.90. The molecule has 0 saturated heterocycles. The molecule has 0 aliphatic heterocycles. The standard InChI is InChI=1S/C28H26N8/c1-5-17(4)31-20(7-3)16-18(6-2)22-8-9-23-25(32-22)26(36-35-23)28-33-24-21(12-15-30-27(24)34-28)19-10-13-29-14-11-19/h6-16,31H,3-5H2,1-2H3,(H,35,36)(H,30,33,34)/b18-6+,20-16+. The van der Waals surface area contributed by atoms with Crippen molar-refractivity contribution >= 4 is 27.8 Å². The summed E-state index contributed by atoms with van der Waals surface area (Å²) in [6.07, 6.45) is 11.9. The van der Waals surface area contributed by atoms with Gasteiger partial charge in [-0.1, -0.05) is 26.2 Å². The van der Waals surface area contributed by atoms with Crippen LogP contribution in [0.1, 0.15) is 26.0 Å². The minimum Gasteiger partial charge on any atom is -0.359 e. The number of H-pyrrole nitrogens is 2. The zero-order valence-corrected chi connectivity index (χ0v) is 20.2. The number of aromatic amines is 2. The second kappa shape index (κ2) is 9.79. The predicted octanol–water partition coefficient (Wildman–Crippen LogP) is 5.94. The van der Waals surface area contributed by atoms with Gasteiger partial charge in [-0.2, -0.15) is 5.10 Å². The van der Waals surface area contributed by atoms with E-state index in [1.54, 1.807) is 24.7 Å². The maximum atomic E-state index is 4.94. The van der Waals surface area contributed by atoms with Gasteiger partial charge in [0, 0.05) is 35.5 Å². The number of nitrogens with one attached hydrogen (secondary N) is 3. The Labute approximate surface area is 208 Å². The topological polar surface area (TPSA) is 108 Å². The van der Waals surface area contributed by atoms with Crippen molar-refractivity contribution in [2.24, 2.45) is 0 Å². The van der Waals surface area contributed by atoms with Gasteiger partial charge >= 0.3 is 0 Å². The first-order chi connectivity index (χ1) is 17.6.